The van der Waals surface area contributed by atoms with Gasteiger partial charge < -0.3 is 25.4 Å². The molecule has 3 aliphatic rings. The van der Waals surface area contributed by atoms with Gasteiger partial charge in [-0.2, -0.15) is 0 Å². The number of amides is 2. The van der Waals surface area contributed by atoms with Gasteiger partial charge in [-0.1, -0.05) is 0 Å². The van der Waals surface area contributed by atoms with Gasteiger partial charge in [0.15, 0.2) is 5.82 Å². The number of carbonyl (C=O) groups is 2. The summed E-state index contributed by atoms with van der Waals surface area (Å²) in [7, 11) is 0. The maximum atomic E-state index is 12.0. The van der Waals surface area contributed by atoms with Crippen LogP contribution in [0.25, 0.3) is 11.4 Å². The SMILES string of the molecule is C[C@H]1COCCN1c1nc(-c2ccc(NC(=O)NC3CC3)cc2)nc2c1CN(CCCC(=O)O)C2. The lowest BCUT2D eigenvalue weighted by Crippen LogP contribution is -2.44. The molecule has 1 atom stereocenters. The predicted octanol–water partition coefficient (Wildman–Crippen LogP) is 2.83. The second kappa shape index (κ2) is 10.2. The number of morpholine rings is 1. The smallest absolute Gasteiger partial charge is 0.319 e. The molecular weight excluding hydrogens is 448 g/mol. The Labute approximate surface area is 204 Å². The number of urea groups is 1. The molecule has 35 heavy (non-hydrogen) atoms. The van der Waals surface area contributed by atoms with E-state index in [-0.39, 0.29) is 18.5 Å². The van der Waals surface area contributed by atoms with Crippen molar-refractivity contribution in [2.45, 2.75) is 57.8 Å². The quantitative estimate of drug-likeness (QED) is 0.528. The van der Waals surface area contributed by atoms with Crippen LogP contribution in [-0.4, -0.2) is 70.4 Å². The number of aromatic nitrogens is 2. The Morgan fingerprint density at radius 3 is 2.69 bits per heavy atom. The van der Waals surface area contributed by atoms with E-state index in [1.165, 1.54) is 0 Å². The van der Waals surface area contributed by atoms with Crippen molar-refractivity contribution in [3.05, 3.63) is 35.5 Å². The van der Waals surface area contributed by atoms with Gasteiger partial charge in [0.1, 0.15) is 5.82 Å². The molecule has 2 aromatic rings. The van der Waals surface area contributed by atoms with Crippen LogP contribution in [0.3, 0.4) is 0 Å². The number of carboxylic acids is 1. The van der Waals surface area contributed by atoms with Gasteiger partial charge in [-0.15, -0.1) is 0 Å². The molecule has 0 bridgehead atoms. The molecule has 0 radical (unpaired) electrons. The average Bonchev–Trinajstić information content (AvgIpc) is 3.54. The first kappa shape index (κ1) is 23.5. The van der Waals surface area contributed by atoms with E-state index in [0.717, 1.165) is 47.7 Å². The first-order valence-electron chi connectivity index (χ1n) is 12.3. The van der Waals surface area contributed by atoms with Gasteiger partial charge in [-0.25, -0.2) is 14.8 Å². The molecule has 10 nitrogen and oxygen atoms in total. The molecule has 186 valence electrons. The topological polar surface area (TPSA) is 120 Å². The van der Waals surface area contributed by atoms with E-state index < -0.39 is 5.97 Å². The highest BCUT2D eigenvalue weighted by Gasteiger charge is 2.31. The molecule has 2 fully saturated rings. The van der Waals surface area contributed by atoms with Crippen LogP contribution in [0, 0.1) is 0 Å². The summed E-state index contributed by atoms with van der Waals surface area (Å²) in [4.78, 5) is 37.4. The van der Waals surface area contributed by atoms with Gasteiger partial charge in [-0.3, -0.25) is 9.69 Å². The van der Waals surface area contributed by atoms with E-state index in [0.29, 0.717) is 51.1 Å². The minimum atomic E-state index is -0.769. The third-order valence-electron chi connectivity index (χ3n) is 6.64. The molecule has 1 saturated carbocycles. The highest BCUT2D eigenvalue weighted by atomic mass is 16.5. The van der Waals surface area contributed by atoms with E-state index in [1.807, 2.05) is 24.3 Å². The van der Waals surface area contributed by atoms with E-state index in [4.69, 9.17) is 19.8 Å². The lowest BCUT2D eigenvalue weighted by Gasteiger charge is -2.35. The van der Waals surface area contributed by atoms with Crippen LogP contribution < -0.4 is 15.5 Å². The number of rotatable bonds is 8. The van der Waals surface area contributed by atoms with Gasteiger partial charge in [-0.05, 0) is 57.0 Å². The Morgan fingerprint density at radius 2 is 1.97 bits per heavy atom. The third-order valence-corrected chi connectivity index (χ3v) is 6.64. The van der Waals surface area contributed by atoms with Crippen LogP contribution >= 0.6 is 0 Å². The summed E-state index contributed by atoms with van der Waals surface area (Å²) < 4.78 is 5.65. The van der Waals surface area contributed by atoms with E-state index in [1.54, 1.807) is 0 Å². The molecule has 1 aromatic heterocycles. The maximum Gasteiger partial charge on any atom is 0.319 e. The maximum absolute atomic E-state index is 12.0. The predicted molar refractivity (Wildman–Crippen MR) is 131 cm³/mol. The number of carbonyl (C=O) groups excluding carboxylic acids is 1. The van der Waals surface area contributed by atoms with Crippen molar-refractivity contribution in [2.75, 3.05) is 36.5 Å². The fourth-order valence-electron chi connectivity index (χ4n) is 4.60. The van der Waals surface area contributed by atoms with E-state index >= 15 is 0 Å². The first-order valence-corrected chi connectivity index (χ1v) is 12.3. The number of aliphatic carboxylic acids is 1. The van der Waals surface area contributed by atoms with Crippen molar-refractivity contribution in [1.82, 2.24) is 20.2 Å². The Bertz CT molecular complexity index is 1090. The Morgan fingerprint density at radius 1 is 1.17 bits per heavy atom. The summed E-state index contributed by atoms with van der Waals surface area (Å²) in [5.41, 5.74) is 3.71. The van der Waals surface area contributed by atoms with Crippen LogP contribution in [0.5, 0.6) is 0 Å². The lowest BCUT2D eigenvalue weighted by molar-refractivity contribution is -0.137. The largest absolute Gasteiger partial charge is 0.481 e. The van der Waals surface area contributed by atoms with Crippen LogP contribution in [0.4, 0.5) is 16.3 Å². The summed E-state index contributed by atoms with van der Waals surface area (Å²) in [6, 6.07) is 7.93. The minimum Gasteiger partial charge on any atom is -0.481 e. The first-order chi connectivity index (χ1) is 17.0. The summed E-state index contributed by atoms with van der Waals surface area (Å²) in [5, 5.41) is 14.8. The summed E-state index contributed by atoms with van der Waals surface area (Å²) in [6.45, 7) is 6.32. The Balaban J connectivity index is 1.38. The van der Waals surface area contributed by atoms with Gasteiger partial charge in [0.2, 0.25) is 0 Å². The van der Waals surface area contributed by atoms with Crippen LogP contribution in [0.2, 0.25) is 0 Å². The van der Waals surface area contributed by atoms with Crippen molar-refractivity contribution >= 4 is 23.5 Å². The number of nitrogens with one attached hydrogen (secondary N) is 2. The molecule has 1 aromatic carbocycles. The molecule has 0 unspecified atom stereocenters. The van der Waals surface area contributed by atoms with Gasteiger partial charge in [0.25, 0.3) is 0 Å². The van der Waals surface area contributed by atoms with Crippen molar-refractivity contribution in [1.29, 1.82) is 0 Å². The highest BCUT2D eigenvalue weighted by Crippen LogP contribution is 2.33. The van der Waals surface area contributed by atoms with Gasteiger partial charge in [0.05, 0.1) is 24.9 Å². The fraction of sp³-hybridized carbons (Fsp3) is 0.520. The zero-order chi connectivity index (χ0) is 24.4. The third kappa shape index (κ3) is 5.71. The zero-order valence-electron chi connectivity index (χ0n) is 20.0. The molecule has 5 rings (SSSR count). The number of anilines is 2. The summed E-state index contributed by atoms with van der Waals surface area (Å²) >= 11 is 0. The van der Waals surface area contributed by atoms with E-state index in [9.17, 15) is 9.59 Å². The molecule has 10 heteroatoms. The molecule has 1 saturated heterocycles. The molecule has 2 aliphatic heterocycles. The Hall–Kier alpha value is -3.24. The Kier molecular flexibility index (Phi) is 6.83. The number of nitrogens with zero attached hydrogens (tertiary/aromatic N) is 4. The number of fused-ring (bicyclic) bond motifs is 1. The monoisotopic (exact) mass is 480 g/mol. The number of carboxylic acid groups (broad SMARTS) is 1. The molecule has 3 N–H and O–H groups in total. The van der Waals surface area contributed by atoms with Crippen molar-refractivity contribution in [3.63, 3.8) is 0 Å². The van der Waals surface area contributed by atoms with Gasteiger partial charge in [0, 0.05) is 48.9 Å². The second-order valence-corrected chi connectivity index (χ2v) is 9.57. The average molecular weight is 481 g/mol. The molecular formula is C25H32N6O4. The number of hydrogen-bond acceptors (Lipinski definition) is 7. The van der Waals surface area contributed by atoms with Gasteiger partial charge >= 0.3 is 12.0 Å². The highest BCUT2D eigenvalue weighted by molar-refractivity contribution is 5.89. The van der Waals surface area contributed by atoms with Crippen LogP contribution in [0.1, 0.15) is 43.9 Å². The number of ether oxygens (including phenoxy) is 1. The number of hydrogen-bond donors (Lipinski definition) is 3. The van der Waals surface area contributed by atoms with Crippen LogP contribution in [0.15, 0.2) is 24.3 Å². The zero-order valence-corrected chi connectivity index (χ0v) is 20.0. The normalized spacial score (nSPS) is 19.9. The minimum absolute atomic E-state index is 0.163. The van der Waals surface area contributed by atoms with Crippen molar-refractivity contribution in [2.24, 2.45) is 0 Å². The summed E-state index contributed by atoms with van der Waals surface area (Å²) in [6.07, 6.45) is 2.86. The van der Waals surface area contributed by atoms with Crippen molar-refractivity contribution in [3.8, 4) is 11.4 Å². The van der Waals surface area contributed by atoms with Crippen LogP contribution in [-0.2, 0) is 22.6 Å². The number of benzene rings is 1. The standard InChI is InChI=1S/C25H32N6O4/c1-16-15-35-12-11-31(16)24-20-13-30(10-2-3-22(32)33)14-21(20)28-23(29-24)17-4-6-18(7-5-17)26-25(34)27-19-8-9-19/h4-7,16,19H,2-3,8-15H2,1H3,(H,32,33)(H2,26,27,34)/t16-/m0/s1. The molecule has 0 spiro atoms. The second-order valence-electron chi connectivity index (χ2n) is 9.57. The molecule has 2 amide bonds. The molecule has 3 heterocycles. The molecule has 1 aliphatic carbocycles. The summed E-state index contributed by atoms with van der Waals surface area (Å²) in [5.74, 6) is 0.820. The van der Waals surface area contributed by atoms with E-state index in [2.05, 4.69) is 27.4 Å². The van der Waals surface area contributed by atoms with Crippen molar-refractivity contribution < 1.29 is 19.4 Å². The lowest BCUT2D eigenvalue weighted by atomic mass is 10.1. The fourth-order valence-corrected chi connectivity index (χ4v) is 4.60.